The number of sulfonamides is 1. The average molecular weight is 507 g/mol. The number of aromatic nitrogens is 1. The molecule has 0 fully saturated rings. The number of anilines is 1. The molecule has 0 amide bonds. The number of nitrogens with zero attached hydrogens (tertiary/aromatic N) is 2. The molecule has 1 heterocycles. The lowest BCUT2D eigenvalue weighted by atomic mass is 10.1. The number of hydrogen-bond acceptors (Lipinski definition) is 5. The minimum absolute atomic E-state index is 0.162. The Kier molecular flexibility index (Phi) is 7.11. The highest BCUT2D eigenvalue weighted by Gasteiger charge is 2.27. The lowest BCUT2D eigenvalue weighted by molar-refractivity contribution is 0.301. The summed E-state index contributed by atoms with van der Waals surface area (Å²) >= 11 is 3.45. The quantitative estimate of drug-likeness (QED) is 0.386. The van der Waals surface area contributed by atoms with E-state index in [1.165, 1.54) is 4.31 Å². The first-order valence-electron chi connectivity index (χ1n) is 10.0. The SMILES string of the molecule is Cc1cc(Br)ccc1N(CC(C)C)S(=O)(=O)c1ccc(OCc2c(C)noc2C)cc1. The van der Waals surface area contributed by atoms with Gasteiger partial charge in [0.25, 0.3) is 10.0 Å². The first-order chi connectivity index (χ1) is 14.6. The molecule has 0 aliphatic heterocycles. The fourth-order valence-corrected chi connectivity index (χ4v) is 5.42. The molecule has 0 atom stereocenters. The van der Waals surface area contributed by atoms with E-state index >= 15 is 0 Å². The zero-order chi connectivity index (χ0) is 22.8. The summed E-state index contributed by atoms with van der Waals surface area (Å²) in [5.74, 6) is 1.45. The Balaban J connectivity index is 1.86. The smallest absolute Gasteiger partial charge is 0.264 e. The number of halogens is 1. The van der Waals surface area contributed by atoms with Crippen LogP contribution in [0.4, 0.5) is 5.69 Å². The molecule has 3 aromatic rings. The van der Waals surface area contributed by atoms with Crippen LogP contribution in [0.2, 0.25) is 0 Å². The molecule has 2 aromatic carbocycles. The van der Waals surface area contributed by atoms with E-state index in [-0.39, 0.29) is 10.8 Å². The lowest BCUT2D eigenvalue weighted by Gasteiger charge is -2.28. The van der Waals surface area contributed by atoms with Gasteiger partial charge in [0.15, 0.2) is 0 Å². The van der Waals surface area contributed by atoms with E-state index in [9.17, 15) is 8.42 Å². The van der Waals surface area contributed by atoms with Crippen LogP contribution in [0.1, 0.15) is 36.4 Å². The maximum atomic E-state index is 13.5. The molecule has 6 nitrogen and oxygen atoms in total. The fourth-order valence-electron chi connectivity index (χ4n) is 3.25. The van der Waals surface area contributed by atoms with Crippen LogP contribution in [-0.2, 0) is 16.6 Å². The third-order valence-electron chi connectivity index (χ3n) is 4.93. The van der Waals surface area contributed by atoms with E-state index in [0.29, 0.717) is 30.3 Å². The predicted octanol–water partition coefficient (Wildman–Crippen LogP) is 5.79. The number of aryl methyl sites for hydroxylation is 3. The third-order valence-corrected chi connectivity index (χ3v) is 7.22. The van der Waals surface area contributed by atoms with Gasteiger partial charge in [0.2, 0.25) is 0 Å². The molecule has 8 heteroatoms. The van der Waals surface area contributed by atoms with Crippen LogP contribution >= 0.6 is 15.9 Å². The minimum atomic E-state index is -3.74. The first kappa shape index (κ1) is 23.3. The lowest BCUT2D eigenvalue weighted by Crippen LogP contribution is -2.34. The highest BCUT2D eigenvalue weighted by atomic mass is 79.9. The molecule has 0 N–H and O–H groups in total. The van der Waals surface area contributed by atoms with E-state index in [0.717, 1.165) is 21.3 Å². The Labute approximate surface area is 192 Å². The zero-order valence-corrected chi connectivity index (χ0v) is 20.7. The summed E-state index contributed by atoms with van der Waals surface area (Å²) in [6.45, 7) is 10.3. The van der Waals surface area contributed by atoms with Gasteiger partial charge in [0.05, 0.1) is 21.8 Å². The molecule has 0 spiro atoms. The number of rotatable bonds is 8. The van der Waals surface area contributed by atoms with Crippen molar-refractivity contribution in [3.05, 3.63) is 69.5 Å². The van der Waals surface area contributed by atoms with Gasteiger partial charge in [0, 0.05) is 11.0 Å². The molecule has 0 unspecified atom stereocenters. The summed E-state index contributed by atoms with van der Waals surface area (Å²) in [6.07, 6.45) is 0. The van der Waals surface area contributed by atoms with Crippen molar-refractivity contribution in [1.82, 2.24) is 5.16 Å². The standard InChI is InChI=1S/C23H27BrN2O4S/c1-15(2)13-26(23-11-6-19(24)12-16(23)3)31(27,28)21-9-7-20(8-10-21)29-14-22-17(4)25-30-18(22)5/h6-12,15H,13-14H2,1-5H3. The van der Waals surface area contributed by atoms with Crippen LogP contribution < -0.4 is 9.04 Å². The highest BCUT2D eigenvalue weighted by Crippen LogP contribution is 2.30. The number of hydrogen-bond donors (Lipinski definition) is 0. The Morgan fingerprint density at radius 2 is 1.77 bits per heavy atom. The summed E-state index contributed by atoms with van der Waals surface area (Å²) in [4.78, 5) is 0.222. The molecule has 0 aliphatic carbocycles. The largest absolute Gasteiger partial charge is 0.489 e. The monoisotopic (exact) mass is 506 g/mol. The number of ether oxygens (including phenoxy) is 1. The highest BCUT2D eigenvalue weighted by molar-refractivity contribution is 9.10. The van der Waals surface area contributed by atoms with E-state index in [1.54, 1.807) is 24.3 Å². The van der Waals surface area contributed by atoms with Crippen molar-refractivity contribution < 1.29 is 17.7 Å². The maximum Gasteiger partial charge on any atom is 0.264 e. The summed E-state index contributed by atoms with van der Waals surface area (Å²) in [5, 5.41) is 3.92. The minimum Gasteiger partial charge on any atom is -0.489 e. The van der Waals surface area contributed by atoms with Crippen molar-refractivity contribution in [3.63, 3.8) is 0 Å². The van der Waals surface area contributed by atoms with Gasteiger partial charge in [-0.05, 0) is 74.7 Å². The summed E-state index contributed by atoms with van der Waals surface area (Å²) < 4.78 is 40.4. The molecule has 166 valence electrons. The second kappa shape index (κ2) is 9.44. The van der Waals surface area contributed by atoms with Gasteiger partial charge in [0.1, 0.15) is 18.1 Å². The maximum absolute atomic E-state index is 13.5. The van der Waals surface area contributed by atoms with Crippen LogP contribution in [0.15, 0.2) is 56.4 Å². The van der Waals surface area contributed by atoms with E-state index in [1.807, 2.05) is 52.8 Å². The summed E-state index contributed by atoms with van der Waals surface area (Å²) in [6, 6.07) is 12.1. The van der Waals surface area contributed by atoms with Crippen molar-refractivity contribution in [2.45, 2.75) is 46.1 Å². The van der Waals surface area contributed by atoms with Gasteiger partial charge >= 0.3 is 0 Å². The zero-order valence-electron chi connectivity index (χ0n) is 18.3. The van der Waals surface area contributed by atoms with Gasteiger partial charge in [-0.3, -0.25) is 4.31 Å². The van der Waals surface area contributed by atoms with Gasteiger partial charge in [-0.25, -0.2) is 8.42 Å². The molecule has 3 rings (SSSR count). The van der Waals surface area contributed by atoms with Gasteiger partial charge in [-0.15, -0.1) is 0 Å². The Bertz CT molecular complexity index is 1140. The average Bonchev–Trinajstić information content (AvgIpc) is 3.02. The van der Waals surface area contributed by atoms with Crippen molar-refractivity contribution in [1.29, 1.82) is 0 Å². The molecular formula is C23H27BrN2O4S. The first-order valence-corrected chi connectivity index (χ1v) is 12.3. The topological polar surface area (TPSA) is 72.6 Å². The molecule has 0 aliphatic rings. The van der Waals surface area contributed by atoms with E-state index in [2.05, 4.69) is 21.1 Å². The fraction of sp³-hybridized carbons (Fsp3) is 0.348. The van der Waals surface area contributed by atoms with Gasteiger partial charge < -0.3 is 9.26 Å². The van der Waals surface area contributed by atoms with Crippen molar-refractivity contribution in [2.24, 2.45) is 5.92 Å². The van der Waals surface area contributed by atoms with Gasteiger partial charge in [-0.1, -0.05) is 34.9 Å². The van der Waals surface area contributed by atoms with Gasteiger partial charge in [-0.2, -0.15) is 0 Å². The Morgan fingerprint density at radius 1 is 1.10 bits per heavy atom. The Morgan fingerprint density at radius 3 is 2.32 bits per heavy atom. The van der Waals surface area contributed by atoms with Crippen LogP contribution in [0, 0.1) is 26.7 Å². The van der Waals surface area contributed by atoms with Crippen molar-refractivity contribution in [2.75, 3.05) is 10.8 Å². The molecule has 31 heavy (non-hydrogen) atoms. The molecule has 0 radical (unpaired) electrons. The second-order valence-corrected chi connectivity index (χ2v) is 10.7. The summed E-state index contributed by atoms with van der Waals surface area (Å²) in [7, 11) is -3.74. The molecule has 0 bridgehead atoms. The van der Waals surface area contributed by atoms with E-state index < -0.39 is 10.0 Å². The van der Waals surface area contributed by atoms with Crippen molar-refractivity contribution >= 4 is 31.6 Å². The molecule has 1 aromatic heterocycles. The second-order valence-electron chi connectivity index (χ2n) is 7.92. The number of benzene rings is 2. The molecule has 0 saturated heterocycles. The Hall–Kier alpha value is -2.32. The van der Waals surface area contributed by atoms with Crippen LogP contribution in [0.5, 0.6) is 5.75 Å². The van der Waals surface area contributed by atoms with E-state index in [4.69, 9.17) is 9.26 Å². The van der Waals surface area contributed by atoms with Crippen LogP contribution in [0.3, 0.4) is 0 Å². The van der Waals surface area contributed by atoms with Crippen LogP contribution in [-0.4, -0.2) is 20.1 Å². The van der Waals surface area contributed by atoms with Crippen molar-refractivity contribution in [3.8, 4) is 5.75 Å². The van der Waals surface area contributed by atoms with Crippen LogP contribution in [0.25, 0.3) is 0 Å². The predicted molar refractivity (Wildman–Crippen MR) is 125 cm³/mol. The molecule has 0 saturated carbocycles. The summed E-state index contributed by atoms with van der Waals surface area (Å²) in [5.41, 5.74) is 3.24. The normalized spacial score (nSPS) is 11.7. The third kappa shape index (κ3) is 5.30. The molecular weight excluding hydrogens is 480 g/mol.